The maximum absolute atomic E-state index is 12.7. The van der Waals surface area contributed by atoms with Crippen molar-refractivity contribution in [3.05, 3.63) is 106 Å². The van der Waals surface area contributed by atoms with Crippen LogP contribution in [0.1, 0.15) is 98.1 Å². The van der Waals surface area contributed by atoms with E-state index in [0.29, 0.717) is 51.6 Å². The smallest absolute Gasteiger partial charge is 0.408 e. The third-order valence-electron chi connectivity index (χ3n) is 11.2. The summed E-state index contributed by atoms with van der Waals surface area (Å²) in [6, 6.07) is 15.0. The zero-order chi connectivity index (χ0) is 45.0. The number of rotatable bonds is 18. The van der Waals surface area contributed by atoms with Crippen LogP contribution in [0.3, 0.4) is 0 Å². The van der Waals surface area contributed by atoms with E-state index in [9.17, 15) is 40.6 Å². The molecule has 13 nitrogen and oxygen atoms in total. The van der Waals surface area contributed by atoms with Gasteiger partial charge in [0.2, 0.25) is 5.69 Å². The molecule has 332 valence electrons. The molecule has 1 aliphatic carbocycles. The number of hydrogen-bond acceptors (Lipinski definition) is 9. The number of unbranched alkanes of at least 4 members (excludes halogenated alkanes) is 2. The lowest BCUT2D eigenvalue weighted by atomic mass is 9.81. The Morgan fingerprint density at radius 3 is 2.13 bits per heavy atom. The van der Waals surface area contributed by atoms with Crippen molar-refractivity contribution in [1.82, 2.24) is 5.32 Å². The highest BCUT2D eigenvalue weighted by Gasteiger charge is 2.44. The van der Waals surface area contributed by atoms with Gasteiger partial charge in [0.15, 0.2) is 5.71 Å². The van der Waals surface area contributed by atoms with E-state index in [1.165, 1.54) is 11.8 Å². The van der Waals surface area contributed by atoms with Crippen LogP contribution in [0, 0.1) is 0 Å². The molecule has 2 aromatic carbocycles. The number of amides is 1. The Kier molecular flexibility index (Phi) is 14.9. The van der Waals surface area contributed by atoms with Crippen molar-refractivity contribution in [2.75, 3.05) is 35.2 Å². The van der Waals surface area contributed by atoms with Crippen LogP contribution in [-0.2, 0) is 40.6 Å². The molecule has 2 heterocycles. The van der Waals surface area contributed by atoms with Gasteiger partial charge in [-0.05, 0) is 95.6 Å². The number of thioether (sulfide) groups is 1. The fraction of sp³-hybridized carbons (Fsp3) is 0.489. The Labute approximate surface area is 365 Å². The Bertz CT molecular complexity index is 2390. The summed E-state index contributed by atoms with van der Waals surface area (Å²) in [4.78, 5) is 28.3. The van der Waals surface area contributed by atoms with Crippen LogP contribution < -0.4 is 10.2 Å². The average Bonchev–Trinajstić information content (AvgIpc) is 3.71. The highest BCUT2D eigenvalue weighted by molar-refractivity contribution is 8.03. The molecule has 0 bridgehead atoms. The molecule has 16 heteroatoms. The van der Waals surface area contributed by atoms with Crippen LogP contribution in [-0.4, -0.2) is 95.4 Å². The van der Waals surface area contributed by atoms with Gasteiger partial charge >= 0.3 is 12.1 Å². The summed E-state index contributed by atoms with van der Waals surface area (Å²) in [6.07, 6.45) is 10.5. The second kappa shape index (κ2) is 19.0. The van der Waals surface area contributed by atoms with E-state index < -0.39 is 54.8 Å². The minimum atomic E-state index is -4.08. The van der Waals surface area contributed by atoms with Crippen LogP contribution in [0.2, 0.25) is 0 Å². The van der Waals surface area contributed by atoms with Crippen LogP contribution >= 0.6 is 11.8 Å². The van der Waals surface area contributed by atoms with E-state index in [0.717, 1.165) is 50.0 Å². The summed E-state index contributed by atoms with van der Waals surface area (Å²) < 4.78 is 72.1. The summed E-state index contributed by atoms with van der Waals surface area (Å²) in [5.41, 5.74) is 6.74. The van der Waals surface area contributed by atoms with Gasteiger partial charge in [-0.2, -0.15) is 21.4 Å². The number of nitrogens with one attached hydrogen (secondary N) is 1. The van der Waals surface area contributed by atoms with Gasteiger partial charge in [0.1, 0.15) is 18.2 Å². The Morgan fingerprint density at radius 2 is 1.49 bits per heavy atom. The number of allylic oxidation sites excluding steroid dienone is 7. The number of aliphatic carboxylic acids is 1. The standard InChI is InChI=1S/C45H59N3O10S3/c1-43(2,3)58-42(51)46-35(41(49)50)30-59-40-31(22-24-38-44(4,5)33-16-8-10-18-36(33)47(38)26-12-14-28-60(52,53)54)20-21-32(40)23-25-39-45(6,7)34-17-9-11-19-37(34)48(39)27-13-15-29-61(55,56)57/h8-11,16-19,22-25,35H,12-15,20-21,26-30H2,1-7H3,(H3-,46,49,50,51,52,53,54,55,56,57)/p+1. The molecule has 1 unspecified atom stereocenters. The molecule has 0 saturated carbocycles. The van der Waals surface area contributed by atoms with Gasteiger partial charge in [0, 0.05) is 58.1 Å². The van der Waals surface area contributed by atoms with Gasteiger partial charge < -0.3 is 20.1 Å². The molecule has 2 aromatic rings. The number of nitrogens with zero attached hydrogens (tertiary/aromatic N) is 2. The van der Waals surface area contributed by atoms with E-state index in [4.69, 9.17) is 4.74 Å². The molecule has 1 atom stereocenters. The number of hydrogen-bond donors (Lipinski definition) is 4. The molecule has 0 saturated heterocycles. The van der Waals surface area contributed by atoms with Gasteiger partial charge in [-0.1, -0.05) is 62.4 Å². The van der Waals surface area contributed by atoms with E-state index >= 15 is 0 Å². The topological polar surface area (TPSA) is 191 Å². The molecule has 0 radical (unpaired) electrons. The fourth-order valence-corrected chi connectivity index (χ4v) is 10.6. The lowest BCUT2D eigenvalue weighted by molar-refractivity contribution is -0.438. The van der Waals surface area contributed by atoms with Gasteiger partial charge in [0.05, 0.1) is 16.9 Å². The molecule has 0 spiro atoms. The number of carboxylic acid groups (broad SMARTS) is 1. The molecule has 2 aliphatic heterocycles. The van der Waals surface area contributed by atoms with E-state index in [1.54, 1.807) is 20.8 Å². The van der Waals surface area contributed by atoms with Crippen molar-refractivity contribution in [3.63, 3.8) is 0 Å². The number of ether oxygens (including phenoxy) is 1. The monoisotopic (exact) mass is 898 g/mol. The molecule has 61 heavy (non-hydrogen) atoms. The number of para-hydroxylation sites is 2. The maximum Gasteiger partial charge on any atom is 0.408 e. The number of fused-ring (bicyclic) bond motifs is 2. The largest absolute Gasteiger partial charge is 0.480 e. The second-order valence-electron chi connectivity index (χ2n) is 17.7. The van der Waals surface area contributed by atoms with E-state index in [1.807, 2.05) is 24.3 Å². The highest BCUT2D eigenvalue weighted by Crippen LogP contribution is 2.48. The summed E-state index contributed by atoms with van der Waals surface area (Å²) in [7, 11) is -8.16. The first-order chi connectivity index (χ1) is 28.4. The fourth-order valence-electron chi connectivity index (χ4n) is 8.23. The molecule has 3 aliphatic rings. The maximum atomic E-state index is 12.7. The third kappa shape index (κ3) is 12.2. The number of carboxylic acids is 1. The van der Waals surface area contributed by atoms with Gasteiger partial charge in [-0.25, -0.2) is 9.59 Å². The second-order valence-corrected chi connectivity index (χ2v) is 21.9. The van der Waals surface area contributed by atoms with Crippen molar-refractivity contribution < 1.29 is 49.9 Å². The van der Waals surface area contributed by atoms with Crippen LogP contribution in [0.15, 0.2) is 94.6 Å². The lowest BCUT2D eigenvalue weighted by Gasteiger charge is -2.27. The highest BCUT2D eigenvalue weighted by atomic mass is 32.2. The van der Waals surface area contributed by atoms with Crippen LogP contribution in [0.4, 0.5) is 16.2 Å². The average molecular weight is 899 g/mol. The summed E-state index contributed by atoms with van der Waals surface area (Å²) >= 11 is 1.36. The Balaban J connectivity index is 1.55. The molecule has 0 aromatic heterocycles. The summed E-state index contributed by atoms with van der Waals surface area (Å²) in [6.45, 7) is 14.8. The normalized spacial score (nSPS) is 19.3. The molecule has 4 N–H and O–H groups in total. The first-order valence-electron chi connectivity index (χ1n) is 20.6. The first kappa shape index (κ1) is 47.8. The Morgan fingerprint density at radius 1 is 0.869 bits per heavy atom. The number of benzene rings is 2. The van der Waals surface area contributed by atoms with Crippen molar-refractivity contribution in [3.8, 4) is 0 Å². The minimum Gasteiger partial charge on any atom is -0.480 e. The van der Waals surface area contributed by atoms with Gasteiger partial charge in [0.25, 0.3) is 20.2 Å². The van der Waals surface area contributed by atoms with E-state index in [2.05, 4.69) is 91.1 Å². The predicted molar refractivity (Wildman–Crippen MR) is 242 cm³/mol. The van der Waals surface area contributed by atoms with Gasteiger partial charge in [-0.3, -0.25) is 9.11 Å². The number of carbonyl (C=O) groups excluding carboxylic acids is 1. The third-order valence-corrected chi connectivity index (χ3v) is 14.1. The van der Waals surface area contributed by atoms with Crippen molar-refractivity contribution >= 4 is 61.1 Å². The van der Waals surface area contributed by atoms with E-state index in [-0.39, 0.29) is 17.3 Å². The van der Waals surface area contributed by atoms with Gasteiger partial charge in [-0.15, -0.1) is 11.8 Å². The summed E-state index contributed by atoms with van der Waals surface area (Å²) in [5.74, 6) is -1.79. The zero-order valence-corrected chi connectivity index (χ0v) is 38.6. The minimum absolute atomic E-state index is 0.0272. The molecular weight excluding hydrogens is 839 g/mol. The van der Waals surface area contributed by atoms with Crippen molar-refractivity contribution in [2.45, 2.75) is 109 Å². The lowest BCUT2D eigenvalue weighted by Crippen LogP contribution is -2.44. The zero-order valence-electron chi connectivity index (χ0n) is 36.1. The SMILES string of the molecule is CC(C)(C)OC(=O)NC(CSC1=C(/C=C/C2=[N+](CCCCS(=O)(=O)O)c3ccccc3C2(C)C)CC/C1=C\C=C1\N(CCCCS(=O)(=O)O)c2ccccc2C1(C)C)C(=O)O. The van der Waals surface area contributed by atoms with Crippen molar-refractivity contribution in [1.29, 1.82) is 0 Å². The Hall–Kier alpha value is -4.22. The first-order valence-corrected chi connectivity index (χ1v) is 24.8. The predicted octanol–water partition coefficient (Wildman–Crippen LogP) is 8.32. The molecule has 1 amide bonds. The van der Waals surface area contributed by atoms with Crippen LogP contribution in [0.5, 0.6) is 0 Å². The molecule has 0 fully saturated rings. The van der Waals surface area contributed by atoms with Crippen molar-refractivity contribution in [2.24, 2.45) is 0 Å². The number of alkyl carbamates (subject to hydrolysis) is 1. The number of anilines is 1. The molecule has 5 rings (SSSR count). The molecular formula is C45H60N3O10S3+. The summed E-state index contributed by atoms with van der Waals surface area (Å²) in [5, 5.41) is 12.7. The van der Waals surface area contributed by atoms with Crippen LogP contribution in [0.25, 0.3) is 0 Å². The number of carbonyl (C=O) groups is 2. The quantitative estimate of drug-likeness (QED) is 0.0637.